The number of hydrogen-bond acceptors (Lipinski definition) is 3. The van der Waals surface area contributed by atoms with Crippen molar-refractivity contribution in [1.82, 2.24) is 5.32 Å². The predicted molar refractivity (Wildman–Crippen MR) is 84.8 cm³/mol. The second-order valence-electron chi connectivity index (χ2n) is 5.01. The molecule has 0 aromatic heterocycles. The number of aliphatic hydroxyl groups is 1. The molecule has 0 saturated carbocycles. The van der Waals surface area contributed by atoms with Crippen LogP contribution in [0.15, 0.2) is 48.5 Å². The van der Waals surface area contributed by atoms with Crippen LogP contribution in [-0.2, 0) is 0 Å². The van der Waals surface area contributed by atoms with Crippen molar-refractivity contribution < 1.29 is 19.1 Å². The number of anilines is 1. The Hall–Kier alpha value is -2.73. The molecule has 6 heteroatoms. The smallest absolute Gasteiger partial charge is 0.319 e. The number of aliphatic hydroxyl groups excluding tert-OH is 1. The maximum atomic E-state index is 13.5. The van der Waals surface area contributed by atoms with E-state index in [1.54, 1.807) is 30.3 Å². The number of ketones is 1. The molecular weight excluding hydrogens is 299 g/mol. The maximum absolute atomic E-state index is 13.5. The van der Waals surface area contributed by atoms with Gasteiger partial charge in [0, 0.05) is 23.4 Å². The van der Waals surface area contributed by atoms with Gasteiger partial charge in [-0.25, -0.2) is 9.18 Å². The predicted octanol–water partition coefficient (Wildman–Crippen LogP) is 2.88. The van der Waals surface area contributed by atoms with Crippen molar-refractivity contribution in [3.63, 3.8) is 0 Å². The van der Waals surface area contributed by atoms with Crippen LogP contribution in [-0.4, -0.2) is 23.5 Å². The molecule has 0 fully saturated rings. The van der Waals surface area contributed by atoms with Crippen molar-refractivity contribution in [1.29, 1.82) is 0 Å². The van der Waals surface area contributed by atoms with Crippen molar-refractivity contribution >= 4 is 17.5 Å². The number of amides is 2. The molecule has 0 aliphatic carbocycles. The number of nitrogens with one attached hydrogen (secondary N) is 2. The fourth-order valence-electron chi connectivity index (χ4n) is 2.01. The molecule has 2 aromatic rings. The zero-order valence-corrected chi connectivity index (χ0v) is 12.5. The molecule has 2 rings (SSSR count). The van der Waals surface area contributed by atoms with Crippen LogP contribution in [0.2, 0.25) is 0 Å². The average Bonchev–Trinajstić information content (AvgIpc) is 2.53. The number of carbonyl (C=O) groups is 2. The van der Waals surface area contributed by atoms with Crippen molar-refractivity contribution in [2.24, 2.45) is 0 Å². The Labute approximate surface area is 133 Å². The lowest BCUT2D eigenvalue weighted by Crippen LogP contribution is -2.32. The summed E-state index contributed by atoms with van der Waals surface area (Å²) >= 11 is 0. The minimum absolute atomic E-state index is 0.0611. The van der Waals surface area contributed by atoms with E-state index in [1.807, 2.05) is 0 Å². The van der Waals surface area contributed by atoms with Crippen LogP contribution in [0.4, 0.5) is 14.9 Å². The minimum atomic E-state index is -1.14. The molecule has 0 saturated heterocycles. The van der Waals surface area contributed by atoms with Crippen LogP contribution in [0.5, 0.6) is 0 Å². The average molecular weight is 316 g/mol. The van der Waals surface area contributed by atoms with Gasteiger partial charge in [-0.15, -0.1) is 0 Å². The first kappa shape index (κ1) is 16.6. The van der Waals surface area contributed by atoms with Crippen LogP contribution >= 0.6 is 0 Å². The first-order valence-corrected chi connectivity index (χ1v) is 7.05. The number of carbonyl (C=O) groups excluding carboxylic acids is 2. The summed E-state index contributed by atoms with van der Waals surface area (Å²) in [6.07, 6.45) is -1.14. The summed E-state index contributed by atoms with van der Waals surface area (Å²) in [5, 5.41) is 14.9. The van der Waals surface area contributed by atoms with E-state index in [2.05, 4.69) is 10.6 Å². The molecule has 0 heterocycles. The fourth-order valence-corrected chi connectivity index (χ4v) is 2.01. The Bertz CT molecular complexity index is 701. The van der Waals surface area contributed by atoms with E-state index in [9.17, 15) is 19.1 Å². The first-order valence-electron chi connectivity index (χ1n) is 7.05. The highest BCUT2D eigenvalue weighted by Gasteiger charge is 2.13. The van der Waals surface area contributed by atoms with Crippen molar-refractivity contribution in [2.45, 2.75) is 13.0 Å². The van der Waals surface area contributed by atoms with Gasteiger partial charge in [0.2, 0.25) is 0 Å². The van der Waals surface area contributed by atoms with Crippen LogP contribution in [0.1, 0.15) is 28.9 Å². The summed E-state index contributed by atoms with van der Waals surface area (Å²) in [4.78, 5) is 22.9. The second-order valence-corrected chi connectivity index (χ2v) is 5.01. The molecule has 0 bridgehead atoms. The monoisotopic (exact) mass is 316 g/mol. The molecule has 0 aliphatic heterocycles. The summed E-state index contributed by atoms with van der Waals surface area (Å²) < 4.78 is 13.5. The van der Waals surface area contributed by atoms with Gasteiger partial charge in [0.15, 0.2) is 5.78 Å². The van der Waals surface area contributed by atoms with Gasteiger partial charge in [-0.1, -0.05) is 18.2 Å². The highest BCUT2D eigenvalue weighted by Crippen LogP contribution is 2.15. The third kappa shape index (κ3) is 4.62. The third-order valence-corrected chi connectivity index (χ3v) is 3.27. The summed E-state index contributed by atoms with van der Waals surface area (Å²) in [5.41, 5.74) is 1.18. The Kier molecular flexibility index (Phi) is 5.43. The number of benzene rings is 2. The van der Waals surface area contributed by atoms with Gasteiger partial charge in [-0.05, 0) is 37.3 Å². The quantitative estimate of drug-likeness (QED) is 0.742. The van der Waals surface area contributed by atoms with E-state index in [0.717, 1.165) is 0 Å². The van der Waals surface area contributed by atoms with E-state index < -0.39 is 18.0 Å². The molecule has 2 aromatic carbocycles. The molecule has 5 nitrogen and oxygen atoms in total. The standard InChI is InChI=1S/C17H17FN2O3/c1-11(21)12-6-8-13(9-7-12)20-17(23)19-10-16(22)14-4-2-3-5-15(14)18/h2-9,16,22H,10H2,1H3,(H2,19,20,23). The topological polar surface area (TPSA) is 78.4 Å². The van der Waals surface area contributed by atoms with Crippen LogP contribution < -0.4 is 10.6 Å². The largest absolute Gasteiger partial charge is 0.386 e. The highest BCUT2D eigenvalue weighted by atomic mass is 19.1. The van der Waals surface area contributed by atoms with E-state index in [0.29, 0.717) is 11.3 Å². The van der Waals surface area contributed by atoms with E-state index in [1.165, 1.54) is 25.1 Å². The van der Waals surface area contributed by atoms with Gasteiger partial charge >= 0.3 is 6.03 Å². The Morgan fingerprint density at radius 1 is 1.13 bits per heavy atom. The lowest BCUT2D eigenvalue weighted by atomic mass is 10.1. The number of rotatable bonds is 5. The van der Waals surface area contributed by atoms with E-state index in [-0.39, 0.29) is 17.9 Å². The zero-order chi connectivity index (χ0) is 16.8. The number of urea groups is 1. The SMILES string of the molecule is CC(=O)c1ccc(NC(=O)NCC(O)c2ccccc2F)cc1. The number of Topliss-reactive ketones (excluding diaryl/α,β-unsaturated/α-hetero) is 1. The van der Waals surface area contributed by atoms with Crippen LogP contribution in [0.25, 0.3) is 0 Å². The molecular formula is C17H17FN2O3. The minimum Gasteiger partial charge on any atom is -0.386 e. The number of hydrogen-bond donors (Lipinski definition) is 3. The summed E-state index contributed by atoms with van der Waals surface area (Å²) in [6.45, 7) is 1.33. The van der Waals surface area contributed by atoms with Gasteiger partial charge in [0.25, 0.3) is 0 Å². The molecule has 3 N–H and O–H groups in total. The van der Waals surface area contributed by atoms with Gasteiger partial charge in [-0.3, -0.25) is 4.79 Å². The molecule has 1 atom stereocenters. The first-order chi connectivity index (χ1) is 11.0. The van der Waals surface area contributed by atoms with Crippen molar-refractivity contribution in [3.8, 4) is 0 Å². The Morgan fingerprint density at radius 2 is 1.78 bits per heavy atom. The lowest BCUT2D eigenvalue weighted by Gasteiger charge is -2.13. The van der Waals surface area contributed by atoms with Gasteiger partial charge in [0.1, 0.15) is 5.82 Å². The molecule has 1 unspecified atom stereocenters. The van der Waals surface area contributed by atoms with Crippen LogP contribution in [0, 0.1) is 5.82 Å². The lowest BCUT2D eigenvalue weighted by molar-refractivity contribution is 0.101. The number of halogens is 1. The fraction of sp³-hybridized carbons (Fsp3) is 0.176. The summed E-state index contributed by atoms with van der Waals surface area (Å²) in [6, 6.07) is 11.7. The molecule has 120 valence electrons. The highest BCUT2D eigenvalue weighted by molar-refractivity contribution is 5.95. The third-order valence-electron chi connectivity index (χ3n) is 3.27. The molecule has 0 spiro atoms. The van der Waals surface area contributed by atoms with Crippen molar-refractivity contribution in [3.05, 3.63) is 65.5 Å². The van der Waals surface area contributed by atoms with Crippen LogP contribution in [0.3, 0.4) is 0 Å². The second kappa shape index (κ2) is 7.51. The Balaban J connectivity index is 1.87. The van der Waals surface area contributed by atoms with E-state index >= 15 is 0 Å². The normalized spacial score (nSPS) is 11.6. The summed E-state index contributed by atoms with van der Waals surface area (Å²) in [7, 11) is 0. The van der Waals surface area contributed by atoms with E-state index in [4.69, 9.17) is 0 Å². The molecule has 23 heavy (non-hydrogen) atoms. The van der Waals surface area contributed by atoms with Crippen molar-refractivity contribution in [2.75, 3.05) is 11.9 Å². The Morgan fingerprint density at radius 3 is 2.39 bits per heavy atom. The van der Waals surface area contributed by atoms with Gasteiger partial charge in [-0.2, -0.15) is 0 Å². The van der Waals surface area contributed by atoms with Gasteiger partial charge in [0.05, 0.1) is 6.10 Å². The maximum Gasteiger partial charge on any atom is 0.319 e. The molecule has 2 amide bonds. The zero-order valence-electron chi connectivity index (χ0n) is 12.5. The summed E-state index contributed by atoms with van der Waals surface area (Å²) in [5.74, 6) is -0.587. The molecule has 0 radical (unpaired) electrons. The molecule has 0 aliphatic rings. The van der Waals surface area contributed by atoms with Gasteiger partial charge < -0.3 is 15.7 Å².